The summed E-state index contributed by atoms with van der Waals surface area (Å²) in [6, 6.07) is 0. The van der Waals surface area contributed by atoms with E-state index in [1.807, 2.05) is 0 Å². The van der Waals surface area contributed by atoms with Crippen LogP contribution in [-0.4, -0.2) is 0 Å². The molecule has 0 amide bonds. The van der Waals surface area contributed by atoms with Gasteiger partial charge in [0.1, 0.15) is 0 Å². The molecule has 0 fully saturated rings. The average Bonchev–Trinajstić information content (AvgIpc) is 2.51. The second kappa shape index (κ2) is 7.26. The Balaban J connectivity index is 0. The minimum absolute atomic E-state index is 0. The maximum Gasteiger partial charge on any atom is -1.00 e. The maximum absolute atomic E-state index is 2.39. The summed E-state index contributed by atoms with van der Waals surface area (Å²) in [4.78, 5) is 0. The fourth-order valence-corrected chi connectivity index (χ4v) is 2.94. The van der Waals surface area contributed by atoms with Crippen LogP contribution in [-0.2, 0) is 24.7 Å². The van der Waals surface area contributed by atoms with Gasteiger partial charge in [-0.1, -0.05) is 0 Å². The van der Waals surface area contributed by atoms with Crippen LogP contribution in [0.3, 0.4) is 0 Å². The summed E-state index contributed by atoms with van der Waals surface area (Å²) < 4.78 is 1.66. The van der Waals surface area contributed by atoms with Crippen LogP contribution in [0, 0.1) is 5.41 Å². The summed E-state index contributed by atoms with van der Waals surface area (Å²) in [6.45, 7) is 6.99. The van der Waals surface area contributed by atoms with Crippen LogP contribution in [0.4, 0.5) is 0 Å². The molecule has 79 valence electrons. The summed E-state index contributed by atoms with van der Waals surface area (Å²) in [5, 5.41) is 0. The first-order valence-electron chi connectivity index (χ1n) is 4.76. The molecule has 0 atom stereocenters. The van der Waals surface area contributed by atoms with Crippen LogP contribution in [0.25, 0.3) is 0 Å². The van der Waals surface area contributed by atoms with Gasteiger partial charge in [-0.15, -0.1) is 0 Å². The van der Waals surface area contributed by atoms with Crippen LogP contribution in [0.1, 0.15) is 40.0 Å². The maximum atomic E-state index is 2.39. The Morgan fingerprint density at radius 3 is 2.07 bits per heavy atom. The molecule has 0 saturated carbocycles. The van der Waals surface area contributed by atoms with Gasteiger partial charge in [0.15, 0.2) is 0 Å². The van der Waals surface area contributed by atoms with Crippen molar-refractivity contribution in [1.82, 2.24) is 0 Å². The van der Waals surface area contributed by atoms with E-state index in [1.165, 1.54) is 19.3 Å². The number of allylic oxidation sites excluding steroid dienone is 4. The molecule has 0 aromatic rings. The fraction of sp³-hybridized carbons (Fsp3) is 0.636. The van der Waals surface area contributed by atoms with Crippen molar-refractivity contribution in [3.63, 3.8) is 0 Å². The van der Waals surface area contributed by atoms with Gasteiger partial charge in [-0.25, -0.2) is 0 Å². The van der Waals surface area contributed by atoms with Crippen molar-refractivity contribution < 1.29 is 49.5 Å². The van der Waals surface area contributed by atoms with Crippen LogP contribution in [0.5, 0.6) is 0 Å². The van der Waals surface area contributed by atoms with Crippen molar-refractivity contribution in [2.24, 2.45) is 5.41 Å². The van der Waals surface area contributed by atoms with Crippen molar-refractivity contribution in [3.8, 4) is 0 Å². The van der Waals surface area contributed by atoms with Crippen molar-refractivity contribution in [1.29, 1.82) is 0 Å². The van der Waals surface area contributed by atoms with Crippen LogP contribution in [0.2, 0.25) is 0 Å². The Morgan fingerprint density at radius 2 is 1.79 bits per heavy atom. The third kappa shape index (κ3) is 3.51. The van der Waals surface area contributed by atoms with E-state index in [0.717, 1.165) is 0 Å². The fourth-order valence-electron chi connectivity index (χ4n) is 1.70. The smallest absolute Gasteiger partial charge is 1.00 e. The van der Waals surface area contributed by atoms with E-state index in [1.54, 1.807) is 33.6 Å². The molecule has 0 aromatic heterocycles. The molecule has 0 bridgehead atoms. The summed E-state index contributed by atoms with van der Waals surface area (Å²) in [6.07, 6.45) is 8.39. The molecular weight excluding hydrogens is 294 g/mol. The molecule has 1 rings (SSSR count). The van der Waals surface area contributed by atoms with Gasteiger partial charge in [0, 0.05) is 0 Å². The molecular formula is C11H17Cl2Zr. The van der Waals surface area contributed by atoms with Gasteiger partial charge in [0.25, 0.3) is 0 Å². The van der Waals surface area contributed by atoms with Gasteiger partial charge in [0.05, 0.1) is 0 Å². The van der Waals surface area contributed by atoms with Crippen molar-refractivity contribution in [2.75, 3.05) is 0 Å². The average molecular weight is 311 g/mol. The van der Waals surface area contributed by atoms with Crippen molar-refractivity contribution in [2.45, 2.75) is 40.0 Å². The quantitative estimate of drug-likeness (QED) is 0.544. The van der Waals surface area contributed by atoms with E-state index in [4.69, 9.17) is 0 Å². The molecule has 0 nitrogen and oxygen atoms in total. The molecule has 1 aliphatic carbocycles. The van der Waals surface area contributed by atoms with Gasteiger partial charge in [-0.2, -0.15) is 0 Å². The second-order valence-electron chi connectivity index (χ2n) is 3.77. The Bertz CT molecular complexity index is 227. The van der Waals surface area contributed by atoms with Gasteiger partial charge >= 0.3 is 91.2 Å². The number of halogens is 2. The van der Waals surface area contributed by atoms with Gasteiger partial charge in [-0.3, -0.25) is 0 Å². The van der Waals surface area contributed by atoms with E-state index in [2.05, 4.69) is 32.9 Å². The first kappa shape index (κ1) is 17.3. The molecule has 3 heteroatoms. The third-order valence-electron chi connectivity index (χ3n) is 3.14. The zero-order valence-corrected chi connectivity index (χ0v) is 13.0. The number of hydrogen-bond donors (Lipinski definition) is 0. The summed E-state index contributed by atoms with van der Waals surface area (Å²) in [5.74, 6) is 0. The van der Waals surface area contributed by atoms with Crippen LogP contribution >= 0.6 is 0 Å². The Kier molecular flexibility index (Phi) is 8.99. The molecule has 0 saturated heterocycles. The second-order valence-corrected chi connectivity index (χ2v) is 5.25. The first-order chi connectivity index (χ1) is 5.64. The monoisotopic (exact) mass is 309 g/mol. The predicted octanol–water partition coefficient (Wildman–Crippen LogP) is -2.42. The summed E-state index contributed by atoms with van der Waals surface area (Å²) in [5.41, 5.74) is 2.08. The normalized spacial score (nSPS) is 15.2. The van der Waals surface area contributed by atoms with E-state index >= 15 is 0 Å². The predicted molar refractivity (Wildman–Crippen MR) is 49.5 cm³/mol. The summed E-state index contributed by atoms with van der Waals surface area (Å²) in [7, 11) is 0. The SMILES string of the molecule is CCC(C)(CC)C1=[C]([Zr+2])CC=C1.[Cl-].[Cl-]. The minimum atomic E-state index is 0. The Hall–Kier alpha value is 0.943. The molecule has 0 heterocycles. The molecule has 0 unspecified atom stereocenters. The Labute approximate surface area is 115 Å². The number of rotatable bonds is 3. The summed E-state index contributed by atoms with van der Waals surface area (Å²) >= 11 is 1.60. The van der Waals surface area contributed by atoms with Crippen LogP contribution < -0.4 is 24.8 Å². The molecule has 0 aliphatic heterocycles. The molecule has 0 spiro atoms. The van der Waals surface area contributed by atoms with Gasteiger partial charge < -0.3 is 24.8 Å². The molecule has 0 aromatic carbocycles. The minimum Gasteiger partial charge on any atom is -1.00 e. The zero-order valence-electron chi connectivity index (χ0n) is 9.03. The molecule has 0 radical (unpaired) electrons. The van der Waals surface area contributed by atoms with E-state index in [-0.39, 0.29) is 24.8 Å². The van der Waals surface area contributed by atoms with E-state index in [0.29, 0.717) is 5.41 Å². The van der Waals surface area contributed by atoms with Gasteiger partial charge in [0.2, 0.25) is 0 Å². The van der Waals surface area contributed by atoms with Gasteiger partial charge in [-0.05, 0) is 0 Å². The molecule has 1 aliphatic rings. The van der Waals surface area contributed by atoms with E-state index in [9.17, 15) is 0 Å². The zero-order chi connectivity index (χ0) is 9.19. The van der Waals surface area contributed by atoms with Crippen molar-refractivity contribution >= 4 is 0 Å². The largest absolute Gasteiger partial charge is 1.00 e. The number of hydrogen-bond acceptors (Lipinski definition) is 0. The third-order valence-corrected chi connectivity index (χ3v) is 4.31. The standard InChI is InChI=1S/C11H17.2ClH.Zr/c1-4-11(3,5-2)10-8-6-7-9-10;;;/h6,8H,4-5,7H2,1-3H3;2*1H;/q;;;+2/p-2. The van der Waals surface area contributed by atoms with Crippen LogP contribution in [0.15, 0.2) is 21.0 Å². The van der Waals surface area contributed by atoms with E-state index < -0.39 is 0 Å². The topological polar surface area (TPSA) is 0 Å². The van der Waals surface area contributed by atoms with Crippen molar-refractivity contribution in [3.05, 3.63) is 21.0 Å². The molecule has 0 N–H and O–H groups in total. The Morgan fingerprint density at radius 1 is 1.29 bits per heavy atom. The first-order valence-corrected chi connectivity index (χ1v) is 5.98. The molecule has 14 heavy (non-hydrogen) atoms.